The number of alkyl halides is 3. The lowest BCUT2D eigenvalue weighted by atomic mass is 9.78. The van der Waals surface area contributed by atoms with E-state index in [0.717, 1.165) is 42.4 Å². The van der Waals surface area contributed by atoms with Crippen LogP contribution in [0.15, 0.2) is 89.4 Å². The molecule has 3 heterocycles. The van der Waals surface area contributed by atoms with Gasteiger partial charge in [-0.2, -0.15) is 13.2 Å². The Hall–Kier alpha value is -3.71. The molecule has 6 nitrogen and oxygen atoms in total. The number of hydrogen-bond donors (Lipinski definition) is 1. The maximum Gasteiger partial charge on any atom is 0.416 e. The Balaban J connectivity index is 1.44. The summed E-state index contributed by atoms with van der Waals surface area (Å²) in [6.07, 6.45) is 0.00153. The molecular formula is C40H48F5N5OS. The van der Waals surface area contributed by atoms with Gasteiger partial charge in [0.1, 0.15) is 0 Å². The van der Waals surface area contributed by atoms with Crippen LogP contribution in [0.2, 0.25) is 0 Å². The number of ether oxygens (including phenoxy) is 1. The molecular weight excluding hydrogens is 694 g/mol. The number of thioether (sulfide) groups is 1. The van der Waals surface area contributed by atoms with Gasteiger partial charge in [-0.25, -0.2) is 18.8 Å². The molecule has 0 saturated carbocycles. The first kappa shape index (κ1) is 39.5. The summed E-state index contributed by atoms with van der Waals surface area (Å²) >= 11 is 1.43. The largest absolute Gasteiger partial charge is 0.416 e. The Kier molecular flexibility index (Phi) is 12.2. The number of benzene rings is 2. The minimum atomic E-state index is -4.55. The summed E-state index contributed by atoms with van der Waals surface area (Å²) in [6.45, 7) is 20.8. The molecule has 0 aliphatic carbocycles. The van der Waals surface area contributed by atoms with Gasteiger partial charge in [-0.15, -0.1) is 11.8 Å². The number of pyridine rings is 1. The van der Waals surface area contributed by atoms with Crippen molar-refractivity contribution in [2.45, 2.75) is 64.3 Å². The van der Waals surface area contributed by atoms with Crippen LogP contribution in [0.5, 0.6) is 0 Å². The number of nitrogens with zero attached hydrogens (tertiary/aromatic N) is 4. The first-order valence-corrected chi connectivity index (χ1v) is 18.6. The molecule has 2 aliphatic heterocycles. The molecule has 1 saturated heterocycles. The van der Waals surface area contributed by atoms with Gasteiger partial charge in [0, 0.05) is 60.0 Å². The molecule has 0 amide bonds. The van der Waals surface area contributed by atoms with E-state index < -0.39 is 23.4 Å². The van der Waals surface area contributed by atoms with E-state index in [4.69, 9.17) is 4.74 Å². The van der Waals surface area contributed by atoms with Gasteiger partial charge in [-0.1, -0.05) is 52.1 Å². The van der Waals surface area contributed by atoms with E-state index >= 15 is 8.78 Å². The zero-order chi connectivity index (χ0) is 38.0. The standard InChI is InChI=1S/C40H48F5N5OS/c1-25-35(26(2)47-33-15-14-31(40(43,44)45)22-32(33)29-13-16-34(52-8)46-23-29)27(3)50(48(7)38(25)39(4,5)6)24-30-12-11-28(36(41)37(30)42)10-9-17-49-18-20-51-21-19-49/h11-16,22-23,38,47H,2-3,9-10,17-21,24H2,1,4-8H3. The van der Waals surface area contributed by atoms with Gasteiger partial charge in [0.2, 0.25) is 0 Å². The highest BCUT2D eigenvalue weighted by atomic mass is 32.2. The molecule has 0 radical (unpaired) electrons. The van der Waals surface area contributed by atoms with E-state index in [1.54, 1.807) is 30.5 Å². The molecule has 0 bridgehead atoms. The van der Waals surface area contributed by atoms with E-state index in [2.05, 4.69) is 49.1 Å². The smallest absolute Gasteiger partial charge is 0.379 e. The van der Waals surface area contributed by atoms with Gasteiger partial charge in [0.05, 0.1) is 42.1 Å². The molecule has 5 rings (SSSR count). The maximum atomic E-state index is 15.8. The maximum absolute atomic E-state index is 15.8. The number of hydrazine groups is 1. The number of anilines is 1. The summed E-state index contributed by atoms with van der Waals surface area (Å²) in [4.78, 5) is 6.65. The van der Waals surface area contributed by atoms with E-state index in [9.17, 15) is 13.2 Å². The van der Waals surface area contributed by atoms with Crippen LogP contribution in [0.1, 0.15) is 50.8 Å². The Bertz CT molecular complexity index is 1810. The van der Waals surface area contributed by atoms with Crippen molar-refractivity contribution in [3.63, 3.8) is 0 Å². The molecule has 2 aliphatic rings. The second-order valence-electron chi connectivity index (χ2n) is 14.4. The van der Waals surface area contributed by atoms with Crippen molar-refractivity contribution in [3.8, 4) is 11.1 Å². The van der Waals surface area contributed by atoms with Gasteiger partial charge in [-0.3, -0.25) is 4.90 Å². The molecule has 52 heavy (non-hydrogen) atoms. The summed E-state index contributed by atoms with van der Waals surface area (Å²) in [6, 6.07) is 10.1. The Morgan fingerprint density at radius 1 is 1.02 bits per heavy atom. The second-order valence-corrected chi connectivity index (χ2v) is 15.3. The lowest BCUT2D eigenvalue weighted by molar-refractivity contribution is -0.137. The molecule has 1 fully saturated rings. The Morgan fingerprint density at radius 3 is 2.31 bits per heavy atom. The van der Waals surface area contributed by atoms with Crippen molar-refractivity contribution in [1.82, 2.24) is 19.9 Å². The number of likely N-dealkylation sites (N-methyl/N-ethyl adjacent to an activating group) is 1. The minimum Gasteiger partial charge on any atom is -0.379 e. The summed E-state index contributed by atoms with van der Waals surface area (Å²) in [5.41, 5.74) is 3.11. The molecule has 1 atom stereocenters. The summed E-state index contributed by atoms with van der Waals surface area (Å²) in [5.74, 6) is -1.73. The third-order valence-corrected chi connectivity index (χ3v) is 10.4. The molecule has 1 aromatic heterocycles. The van der Waals surface area contributed by atoms with Crippen LogP contribution in [0, 0.1) is 17.0 Å². The average molecular weight is 742 g/mol. The second kappa shape index (κ2) is 16.1. The van der Waals surface area contributed by atoms with Gasteiger partial charge in [-0.05, 0) is 73.4 Å². The third kappa shape index (κ3) is 8.73. The number of aryl methyl sites for hydroxylation is 1. The average Bonchev–Trinajstić information content (AvgIpc) is 3.09. The van der Waals surface area contributed by atoms with Crippen LogP contribution >= 0.6 is 11.8 Å². The lowest BCUT2D eigenvalue weighted by Crippen LogP contribution is -2.54. The SMILES string of the molecule is C=C(Nc1ccc(C(F)(F)F)cc1-c1ccc(SC)nc1)C1=C(C)C(C(C)(C)C)N(C)N(Cc2ccc(CCCN3CCOCC3)c(F)c2F)C1=C. The van der Waals surface area contributed by atoms with Gasteiger partial charge in [0.25, 0.3) is 0 Å². The molecule has 0 spiro atoms. The van der Waals surface area contributed by atoms with Gasteiger partial charge < -0.3 is 15.1 Å². The van der Waals surface area contributed by atoms with Crippen molar-refractivity contribution in [1.29, 1.82) is 0 Å². The first-order valence-electron chi connectivity index (χ1n) is 17.4. The van der Waals surface area contributed by atoms with E-state index in [-0.39, 0.29) is 23.6 Å². The number of rotatable bonds is 11. The lowest BCUT2D eigenvalue weighted by Gasteiger charge is -2.51. The van der Waals surface area contributed by atoms with Crippen molar-refractivity contribution in [2.24, 2.45) is 5.41 Å². The molecule has 1 N–H and O–H groups in total. The number of nitrogens with one attached hydrogen (secondary N) is 1. The minimum absolute atomic E-state index is 0.00176. The number of aromatic nitrogens is 1. The monoisotopic (exact) mass is 741 g/mol. The van der Waals surface area contributed by atoms with Crippen molar-refractivity contribution in [3.05, 3.63) is 113 Å². The van der Waals surface area contributed by atoms with Crippen molar-refractivity contribution < 1.29 is 26.7 Å². The normalized spacial score (nSPS) is 17.9. The quantitative estimate of drug-likeness (QED) is 0.155. The molecule has 2 aromatic carbocycles. The summed E-state index contributed by atoms with van der Waals surface area (Å²) in [5, 5.41) is 7.83. The van der Waals surface area contributed by atoms with Crippen molar-refractivity contribution in [2.75, 3.05) is 51.5 Å². The number of hydrogen-bond acceptors (Lipinski definition) is 7. The summed E-state index contributed by atoms with van der Waals surface area (Å²) < 4.78 is 78.3. The highest BCUT2D eigenvalue weighted by Crippen LogP contribution is 2.43. The van der Waals surface area contributed by atoms with Crippen LogP contribution in [-0.4, -0.2) is 72.1 Å². The fourth-order valence-electron chi connectivity index (χ4n) is 7.31. The van der Waals surface area contributed by atoms with Crippen LogP contribution in [0.25, 0.3) is 11.1 Å². The van der Waals surface area contributed by atoms with E-state index in [1.807, 2.05) is 30.2 Å². The van der Waals surface area contributed by atoms with Crippen molar-refractivity contribution >= 4 is 17.4 Å². The van der Waals surface area contributed by atoms with Crippen LogP contribution < -0.4 is 5.32 Å². The summed E-state index contributed by atoms with van der Waals surface area (Å²) in [7, 11) is 1.89. The topological polar surface area (TPSA) is 43.9 Å². The zero-order valence-electron chi connectivity index (χ0n) is 30.8. The predicted molar refractivity (Wildman–Crippen MR) is 200 cm³/mol. The molecule has 12 heteroatoms. The van der Waals surface area contributed by atoms with E-state index in [0.29, 0.717) is 65.4 Å². The molecule has 1 unspecified atom stereocenters. The van der Waals surface area contributed by atoms with E-state index in [1.165, 1.54) is 17.8 Å². The zero-order valence-corrected chi connectivity index (χ0v) is 31.6. The highest BCUT2D eigenvalue weighted by molar-refractivity contribution is 7.98. The number of morpholine rings is 1. The third-order valence-electron chi connectivity index (χ3n) is 9.76. The van der Waals surface area contributed by atoms with Crippen LogP contribution in [-0.2, 0) is 23.9 Å². The number of halogens is 5. The fraction of sp³-hybridized carbons (Fsp3) is 0.425. The van der Waals surface area contributed by atoms with Crippen LogP contribution in [0.4, 0.5) is 27.6 Å². The Labute approximate surface area is 308 Å². The van der Waals surface area contributed by atoms with Crippen LogP contribution in [0.3, 0.4) is 0 Å². The first-order chi connectivity index (χ1) is 24.5. The fourth-order valence-corrected chi connectivity index (χ4v) is 7.67. The predicted octanol–water partition coefficient (Wildman–Crippen LogP) is 9.57. The Morgan fingerprint density at radius 2 is 1.69 bits per heavy atom. The molecule has 280 valence electrons. The van der Waals surface area contributed by atoms with Gasteiger partial charge in [0.15, 0.2) is 11.6 Å². The highest BCUT2D eigenvalue weighted by Gasteiger charge is 2.40. The molecule has 3 aromatic rings. The van der Waals surface area contributed by atoms with Gasteiger partial charge >= 0.3 is 6.18 Å².